The van der Waals surface area contributed by atoms with E-state index >= 15 is 0 Å². The third-order valence-electron chi connectivity index (χ3n) is 3.80. The highest BCUT2D eigenvalue weighted by Crippen LogP contribution is 2.36. The zero-order chi connectivity index (χ0) is 12.5. The molecule has 1 N–H and O–H groups in total. The minimum atomic E-state index is 0.776. The van der Waals surface area contributed by atoms with Crippen LogP contribution in [-0.2, 0) is 6.54 Å². The van der Waals surface area contributed by atoms with Gasteiger partial charge in [0.15, 0.2) is 0 Å². The number of hydrogen-bond donors (Lipinski definition) is 1. The summed E-state index contributed by atoms with van der Waals surface area (Å²) in [6.07, 6.45) is 3.19. The lowest BCUT2D eigenvalue weighted by atomic mass is 10.1. The molecule has 94 valence electrons. The van der Waals surface area contributed by atoms with Gasteiger partial charge in [0.25, 0.3) is 0 Å². The lowest BCUT2D eigenvalue weighted by Gasteiger charge is -2.08. The molecule has 0 saturated heterocycles. The molecule has 1 saturated carbocycles. The molecule has 18 heavy (non-hydrogen) atoms. The van der Waals surface area contributed by atoms with Crippen molar-refractivity contribution in [1.29, 1.82) is 0 Å². The predicted octanol–water partition coefficient (Wildman–Crippen LogP) is 3.63. The number of aromatic nitrogens is 1. The molecule has 3 rings (SSSR count). The van der Waals surface area contributed by atoms with Gasteiger partial charge < -0.3 is 5.32 Å². The van der Waals surface area contributed by atoms with Crippen LogP contribution in [0.2, 0.25) is 5.02 Å². The van der Waals surface area contributed by atoms with Crippen LogP contribution >= 0.6 is 11.6 Å². The zero-order valence-corrected chi connectivity index (χ0v) is 11.2. The molecule has 2 atom stereocenters. The van der Waals surface area contributed by atoms with E-state index in [1.165, 1.54) is 12.0 Å². The third kappa shape index (κ3) is 2.36. The van der Waals surface area contributed by atoms with Gasteiger partial charge in [-0.3, -0.25) is 4.98 Å². The van der Waals surface area contributed by atoms with Crippen LogP contribution in [0, 0.1) is 11.8 Å². The number of pyridine rings is 1. The standard InChI is InChI=1S/C15H17ClN2/c1-10-7-12(10)9-17-8-11-4-5-14(16)13-3-2-6-18-15(11)13/h2-6,10,12,17H,7-9H2,1H3. The van der Waals surface area contributed by atoms with Crippen molar-refractivity contribution in [3.63, 3.8) is 0 Å². The summed E-state index contributed by atoms with van der Waals surface area (Å²) in [5.74, 6) is 1.77. The van der Waals surface area contributed by atoms with Gasteiger partial charge in [-0.15, -0.1) is 0 Å². The average Bonchev–Trinajstić information content (AvgIpc) is 3.09. The normalized spacial score (nSPS) is 22.3. The fourth-order valence-corrected chi connectivity index (χ4v) is 2.63. The number of rotatable bonds is 4. The maximum Gasteiger partial charge on any atom is 0.0761 e. The van der Waals surface area contributed by atoms with Crippen LogP contribution in [0.1, 0.15) is 18.9 Å². The average molecular weight is 261 g/mol. The molecule has 0 spiro atoms. The van der Waals surface area contributed by atoms with E-state index in [2.05, 4.69) is 23.3 Å². The molecule has 1 aromatic carbocycles. The third-order valence-corrected chi connectivity index (χ3v) is 4.13. The summed E-state index contributed by atoms with van der Waals surface area (Å²) in [6.45, 7) is 4.29. The number of halogens is 1. The van der Waals surface area contributed by atoms with Gasteiger partial charge in [-0.25, -0.2) is 0 Å². The van der Waals surface area contributed by atoms with Crippen molar-refractivity contribution in [3.8, 4) is 0 Å². The fourth-order valence-electron chi connectivity index (χ4n) is 2.41. The molecular weight excluding hydrogens is 244 g/mol. The van der Waals surface area contributed by atoms with Gasteiger partial charge in [0.05, 0.1) is 5.52 Å². The Morgan fingerprint density at radius 1 is 1.39 bits per heavy atom. The van der Waals surface area contributed by atoms with Crippen molar-refractivity contribution in [2.24, 2.45) is 11.8 Å². The van der Waals surface area contributed by atoms with Crippen molar-refractivity contribution < 1.29 is 0 Å². The largest absolute Gasteiger partial charge is 0.312 e. The van der Waals surface area contributed by atoms with E-state index in [0.29, 0.717) is 0 Å². The highest BCUT2D eigenvalue weighted by molar-refractivity contribution is 6.35. The minimum absolute atomic E-state index is 0.776. The Morgan fingerprint density at radius 2 is 2.22 bits per heavy atom. The SMILES string of the molecule is CC1CC1CNCc1ccc(Cl)c2cccnc12. The first-order valence-corrected chi connectivity index (χ1v) is 6.86. The van der Waals surface area contributed by atoms with E-state index in [9.17, 15) is 0 Å². The van der Waals surface area contributed by atoms with Crippen LogP contribution in [0.15, 0.2) is 30.5 Å². The molecule has 1 heterocycles. The van der Waals surface area contributed by atoms with Crippen LogP contribution in [0.5, 0.6) is 0 Å². The Morgan fingerprint density at radius 3 is 3.00 bits per heavy atom. The molecule has 3 heteroatoms. The van der Waals surface area contributed by atoms with Crippen molar-refractivity contribution >= 4 is 22.5 Å². The molecule has 2 unspecified atom stereocenters. The monoisotopic (exact) mass is 260 g/mol. The van der Waals surface area contributed by atoms with E-state index < -0.39 is 0 Å². The van der Waals surface area contributed by atoms with E-state index in [0.717, 1.165) is 40.9 Å². The zero-order valence-electron chi connectivity index (χ0n) is 10.5. The summed E-state index contributed by atoms with van der Waals surface area (Å²) in [5.41, 5.74) is 2.24. The Labute approximate surface area is 112 Å². The Bertz CT molecular complexity index is 567. The van der Waals surface area contributed by atoms with Crippen molar-refractivity contribution in [3.05, 3.63) is 41.0 Å². The Kier molecular flexibility index (Phi) is 3.23. The Balaban J connectivity index is 1.77. The lowest BCUT2D eigenvalue weighted by Crippen LogP contribution is -2.17. The van der Waals surface area contributed by atoms with Crippen molar-refractivity contribution in [2.45, 2.75) is 19.9 Å². The molecule has 1 fully saturated rings. The Hall–Kier alpha value is -1.12. The first kappa shape index (κ1) is 11.9. The fraction of sp³-hybridized carbons (Fsp3) is 0.400. The molecule has 1 aromatic heterocycles. The first-order chi connectivity index (χ1) is 8.75. The topological polar surface area (TPSA) is 24.9 Å². The van der Waals surface area contributed by atoms with Gasteiger partial charge in [-0.05, 0) is 48.6 Å². The molecule has 0 amide bonds. The van der Waals surface area contributed by atoms with Gasteiger partial charge in [-0.1, -0.05) is 24.6 Å². The van der Waals surface area contributed by atoms with Crippen molar-refractivity contribution in [2.75, 3.05) is 6.54 Å². The minimum Gasteiger partial charge on any atom is -0.312 e. The molecule has 2 aromatic rings. The van der Waals surface area contributed by atoms with Crippen LogP contribution in [-0.4, -0.2) is 11.5 Å². The summed E-state index contributed by atoms with van der Waals surface area (Å²) >= 11 is 6.18. The van der Waals surface area contributed by atoms with E-state index in [1.807, 2.05) is 24.4 Å². The maximum absolute atomic E-state index is 6.18. The molecule has 0 aliphatic heterocycles. The molecule has 0 radical (unpaired) electrons. The molecule has 0 bridgehead atoms. The first-order valence-electron chi connectivity index (χ1n) is 6.48. The van der Waals surface area contributed by atoms with Crippen LogP contribution in [0.25, 0.3) is 10.9 Å². The summed E-state index contributed by atoms with van der Waals surface area (Å²) in [6, 6.07) is 7.98. The van der Waals surface area contributed by atoms with Gasteiger partial charge >= 0.3 is 0 Å². The van der Waals surface area contributed by atoms with E-state index in [-0.39, 0.29) is 0 Å². The van der Waals surface area contributed by atoms with E-state index in [4.69, 9.17) is 11.6 Å². The van der Waals surface area contributed by atoms with Gasteiger partial charge in [0, 0.05) is 23.2 Å². The summed E-state index contributed by atoms with van der Waals surface area (Å²) in [5, 5.41) is 5.34. The smallest absolute Gasteiger partial charge is 0.0761 e. The molecule has 1 aliphatic rings. The molecular formula is C15H17ClN2. The number of fused-ring (bicyclic) bond motifs is 1. The van der Waals surface area contributed by atoms with Gasteiger partial charge in [-0.2, -0.15) is 0 Å². The van der Waals surface area contributed by atoms with E-state index in [1.54, 1.807) is 0 Å². The maximum atomic E-state index is 6.18. The summed E-state index contributed by atoms with van der Waals surface area (Å²) in [4.78, 5) is 4.45. The van der Waals surface area contributed by atoms with Crippen LogP contribution < -0.4 is 5.32 Å². The second-order valence-corrected chi connectivity index (χ2v) is 5.62. The van der Waals surface area contributed by atoms with Gasteiger partial charge in [0.2, 0.25) is 0 Å². The number of hydrogen-bond acceptors (Lipinski definition) is 2. The van der Waals surface area contributed by atoms with Crippen molar-refractivity contribution in [1.82, 2.24) is 10.3 Å². The quantitative estimate of drug-likeness (QED) is 0.908. The summed E-state index contributed by atoms with van der Waals surface area (Å²) < 4.78 is 0. The van der Waals surface area contributed by atoms with Gasteiger partial charge in [0.1, 0.15) is 0 Å². The molecule has 2 nitrogen and oxygen atoms in total. The second-order valence-electron chi connectivity index (χ2n) is 5.21. The van der Waals surface area contributed by atoms with Crippen LogP contribution in [0.3, 0.4) is 0 Å². The number of nitrogens with zero attached hydrogens (tertiary/aromatic N) is 1. The lowest BCUT2D eigenvalue weighted by molar-refractivity contribution is 0.613. The predicted molar refractivity (Wildman–Crippen MR) is 75.7 cm³/mol. The molecule has 1 aliphatic carbocycles. The second kappa shape index (κ2) is 4.87. The highest BCUT2D eigenvalue weighted by Gasteiger charge is 2.31. The summed E-state index contributed by atoms with van der Waals surface area (Å²) in [7, 11) is 0. The highest BCUT2D eigenvalue weighted by atomic mass is 35.5. The number of nitrogens with one attached hydrogen (secondary N) is 1. The van der Waals surface area contributed by atoms with Crippen LogP contribution in [0.4, 0.5) is 0 Å². The number of benzene rings is 1.